The Balaban J connectivity index is 1.58. The Morgan fingerprint density at radius 2 is 1.41 bits per heavy atom. The Morgan fingerprint density at radius 3 is 2.23 bits per heavy atom. The molecule has 0 bridgehead atoms. The van der Waals surface area contributed by atoms with Crippen molar-refractivity contribution < 1.29 is 9.47 Å². The van der Waals surface area contributed by atoms with E-state index in [0.29, 0.717) is 50.4 Å². The molecule has 0 saturated heterocycles. The van der Waals surface area contributed by atoms with Crippen molar-refractivity contribution >= 4 is 68.1 Å². The van der Waals surface area contributed by atoms with Crippen LogP contribution in [0.4, 0.5) is 0 Å². The Morgan fingerprint density at radius 1 is 0.641 bits per heavy atom. The largest absolute Gasteiger partial charge is 0.489 e. The molecule has 6 rings (SSSR count). The van der Waals surface area contributed by atoms with E-state index in [-0.39, 0.29) is 10.4 Å². The van der Waals surface area contributed by atoms with Gasteiger partial charge in [-0.3, -0.25) is 0 Å². The van der Waals surface area contributed by atoms with E-state index in [1.165, 1.54) is 0 Å². The van der Waals surface area contributed by atoms with Crippen molar-refractivity contribution in [3.63, 3.8) is 0 Å². The molecule has 0 amide bonds. The van der Waals surface area contributed by atoms with Crippen LogP contribution in [-0.2, 0) is 6.61 Å². The first-order valence-electron chi connectivity index (χ1n) is 11.9. The van der Waals surface area contributed by atoms with Crippen LogP contribution in [-0.4, -0.2) is 9.97 Å². The van der Waals surface area contributed by atoms with Gasteiger partial charge in [-0.25, -0.2) is 9.97 Å². The molecule has 0 N–H and O–H groups in total. The third-order valence-corrected chi connectivity index (χ3v) is 7.30. The maximum atomic E-state index is 6.77. The van der Waals surface area contributed by atoms with Gasteiger partial charge in [0.25, 0.3) is 0 Å². The van der Waals surface area contributed by atoms with Crippen molar-refractivity contribution in [3.05, 3.63) is 123 Å². The fraction of sp³-hybridized carbons (Fsp3) is 0.0323. The number of ether oxygens (including phenoxy) is 2. The number of fused-ring (bicyclic) bond motifs is 2. The van der Waals surface area contributed by atoms with Crippen molar-refractivity contribution in [2.45, 2.75) is 6.61 Å². The van der Waals surface area contributed by atoms with Crippen LogP contribution in [0.5, 0.6) is 17.2 Å². The number of nitrogens with zero attached hydrogens (tertiary/aromatic N) is 2. The molecule has 0 saturated carbocycles. The van der Waals surface area contributed by atoms with Crippen molar-refractivity contribution in [1.82, 2.24) is 9.97 Å². The van der Waals surface area contributed by atoms with E-state index in [1.807, 2.05) is 78.9 Å². The lowest BCUT2D eigenvalue weighted by Crippen LogP contribution is -1.97. The van der Waals surface area contributed by atoms with Gasteiger partial charge in [0.2, 0.25) is 5.28 Å². The smallest absolute Gasteiger partial charge is 0.224 e. The number of hydrogen-bond acceptors (Lipinski definition) is 4. The van der Waals surface area contributed by atoms with Crippen LogP contribution in [0.15, 0.2) is 97.1 Å². The summed E-state index contributed by atoms with van der Waals surface area (Å²) >= 11 is 25.8. The van der Waals surface area contributed by atoms with Crippen LogP contribution >= 0.6 is 46.4 Å². The Kier molecular flexibility index (Phi) is 7.20. The minimum absolute atomic E-state index is 0.0426. The molecule has 6 aromatic rings. The van der Waals surface area contributed by atoms with Gasteiger partial charge in [-0.1, -0.05) is 89.4 Å². The summed E-state index contributed by atoms with van der Waals surface area (Å²) in [7, 11) is 0. The second-order valence-corrected chi connectivity index (χ2v) is 10.3. The monoisotopic (exact) mass is 590 g/mol. The molecule has 0 aliphatic heterocycles. The van der Waals surface area contributed by atoms with Crippen LogP contribution in [0.25, 0.3) is 32.8 Å². The topological polar surface area (TPSA) is 44.2 Å². The van der Waals surface area contributed by atoms with Gasteiger partial charge < -0.3 is 9.47 Å². The molecule has 0 atom stereocenters. The first-order valence-corrected chi connectivity index (χ1v) is 13.5. The molecule has 0 radical (unpaired) electrons. The van der Waals surface area contributed by atoms with E-state index in [0.717, 1.165) is 21.9 Å². The van der Waals surface area contributed by atoms with Crippen molar-refractivity contribution in [2.75, 3.05) is 0 Å². The predicted octanol–water partition coefficient (Wildman–Crippen LogP) is 10.4. The lowest BCUT2D eigenvalue weighted by Gasteiger charge is -2.18. The van der Waals surface area contributed by atoms with Crippen molar-refractivity contribution in [1.29, 1.82) is 0 Å². The third-order valence-electron chi connectivity index (χ3n) is 6.22. The normalized spacial score (nSPS) is 11.2. The molecule has 8 heteroatoms. The van der Waals surface area contributed by atoms with E-state index >= 15 is 0 Å². The van der Waals surface area contributed by atoms with Crippen LogP contribution in [0, 0.1) is 0 Å². The van der Waals surface area contributed by atoms with E-state index in [9.17, 15) is 0 Å². The SMILES string of the molecule is Clc1nc(Cl)c2cc(Oc3ccccc3Cl)c(-c3cc(OCc4ccccc4)cc4cccc(Cl)c34)cc2n1. The van der Waals surface area contributed by atoms with E-state index in [2.05, 4.69) is 9.97 Å². The molecule has 5 aromatic carbocycles. The van der Waals surface area contributed by atoms with E-state index in [4.69, 9.17) is 55.9 Å². The maximum absolute atomic E-state index is 6.77. The number of aromatic nitrogens is 2. The van der Waals surface area contributed by atoms with Crippen LogP contribution in [0.3, 0.4) is 0 Å². The molecular weight excluding hydrogens is 574 g/mol. The Bertz CT molecular complexity index is 1850. The highest BCUT2D eigenvalue weighted by Gasteiger charge is 2.19. The summed E-state index contributed by atoms with van der Waals surface area (Å²) in [6, 6.07) is 30.5. The standard InChI is InChI=1S/C31H18Cl4N2O2/c32-24-10-4-5-12-27(24)39-28-16-23-26(36-31(35)37-30(23)34)15-21(28)22-14-20(38-17-18-7-2-1-3-8-18)13-19-9-6-11-25(33)29(19)22/h1-16H,17H2. The zero-order valence-corrected chi connectivity index (χ0v) is 23.2. The molecule has 1 aromatic heterocycles. The number of rotatable bonds is 6. The van der Waals surface area contributed by atoms with Crippen molar-refractivity contribution in [2.24, 2.45) is 0 Å². The second kappa shape index (κ2) is 10.9. The van der Waals surface area contributed by atoms with Crippen LogP contribution in [0.2, 0.25) is 20.5 Å². The first kappa shape index (κ1) is 25.7. The summed E-state index contributed by atoms with van der Waals surface area (Å²) in [4.78, 5) is 8.51. The average molecular weight is 592 g/mol. The lowest BCUT2D eigenvalue weighted by atomic mass is 9.96. The minimum Gasteiger partial charge on any atom is -0.489 e. The molecule has 1 heterocycles. The number of benzene rings is 5. The van der Waals surface area contributed by atoms with Gasteiger partial charge >= 0.3 is 0 Å². The lowest BCUT2D eigenvalue weighted by molar-refractivity contribution is 0.307. The maximum Gasteiger partial charge on any atom is 0.224 e. The van der Waals surface area contributed by atoms with Crippen molar-refractivity contribution in [3.8, 4) is 28.4 Å². The predicted molar refractivity (Wildman–Crippen MR) is 160 cm³/mol. The first-order chi connectivity index (χ1) is 19.0. The second-order valence-electron chi connectivity index (χ2n) is 8.76. The molecular formula is C31H18Cl4N2O2. The van der Waals surface area contributed by atoms with Gasteiger partial charge in [0, 0.05) is 21.4 Å². The summed E-state index contributed by atoms with van der Waals surface area (Å²) in [6.07, 6.45) is 0. The van der Waals surface area contributed by atoms with E-state index < -0.39 is 0 Å². The highest BCUT2D eigenvalue weighted by molar-refractivity contribution is 6.37. The van der Waals surface area contributed by atoms with Gasteiger partial charge in [0.15, 0.2) is 0 Å². The fourth-order valence-electron chi connectivity index (χ4n) is 4.42. The number of halogens is 4. The molecule has 0 unspecified atom stereocenters. The fourth-order valence-corrected chi connectivity index (χ4v) is 5.33. The quantitative estimate of drug-likeness (QED) is 0.143. The van der Waals surface area contributed by atoms with E-state index in [1.54, 1.807) is 18.2 Å². The molecule has 39 heavy (non-hydrogen) atoms. The third kappa shape index (κ3) is 5.34. The molecule has 0 aliphatic carbocycles. The zero-order chi connectivity index (χ0) is 26.9. The molecule has 192 valence electrons. The molecule has 0 spiro atoms. The van der Waals surface area contributed by atoms with Crippen LogP contribution < -0.4 is 9.47 Å². The van der Waals surface area contributed by atoms with Gasteiger partial charge in [-0.15, -0.1) is 0 Å². The van der Waals surface area contributed by atoms with Gasteiger partial charge in [0.05, 0.1) is 10.5 Å². The summed E-state index contributed by atoms with van der Waals surface area (Å²) in [5.41, 5.74) is 3.10. The highest BCUT2D eigenvalue weighted by Crippen LogP contribution is 2.45. The summed E-state index contributed by atoms with van der Waals surface area (Å²) in [6.45, 7) is 0.408. The van der Waals surface area contributed by atoms with Gasteiger partial charge in [0.1, 0.15) is 29.0 Å². The summed E-state index contributed by atoms with van der Waals surface area (Å²) in [5.74, 6) is 1.65. The highest BCUT2D eigenvalue weighted by atomic mass is 35.5. The average Bonchev–Trinajstić information content (AvgIpc) is 2.93. The molecule has 4 nitrogen and oxygen atoms in total. The molecule has 0 fully saturated rings. The van der Waals surface area contributed by atoms with Gasteiger partial charge in [-0.05, 0) is 70.6 Å². The zero-order valence-electron chi connectivity index (χ0n) is 20.2. The van der Waals surface area contributed by atoms with Gasteiger partial charge in [-0.2, -0.15) is 0 Å². The Labute approximate surface area is 244 Å². The number of para-hydroxylation sites is 1. The van der Waals surface area contributed by atoms with Crippen LogP contribution in [0.1, 0.15) is 5.56 Å². The Hall–Kier alpha value is -3.54. The summed E-state index contributed by atoms with van der Waals surface area (Å²) in [5, 5.41) is 3.62. The minimum atomic E-state index is 0.0426. The number of hydrogen-bond donors (Lipinski definition) is 0. The summed E-state index contributed by atoms with van der Waals surface area (Å²) < 4.78 is 12.6. The molecule has 0 aliphatic rings.